The molecule has 0 heterocycles. The maximum atomic E-state index is 4.04. The normalized spacial score (nSPS) is 11.8. The van der Waals surface area contributed by atoms with Gasteiger partial charge in [0, 0.05) is 0 Å². The lowest BCUT2D eigenvalue weighted by molar-refractivity contribution is 1.26. The molecule has 0 aliphatic heterocycles. The van der Waals surface area contributed by atoms with E-state index >= 15 is 0 Å². The van der Waals surface area contributed by atoms with Crippen LogP contribution in [0.3, 0.4) is 0 Å². The topological polar surface area (TPSA) is 0 Å². The first kappa shape index (κ1) is 11.7. The zero-order valence-corrected chi connectivity index (χ0v) is 10.5. The third-order valence-corrected chi connectivity index (χ3v) is 2.89. The molecule has 0 amide bonds. The highest BCUT2D eigenvalue weighted by Gasteiger charge is 1.93. The molecule has 0 aliphatic carbocycles. The Morgan fingerprint density at radius 3 is 2.29 bits per heavy atom. The molecule has 0 heteroatoms. The first-order valence-corrected chi connectivity index (χ1v) is 5.96. The lowest BCUT2D eigenvalue weighted by Gasteiger charge is -2.01. The second-order valence-corrected chi connectivity index (χ2v) is 4.60. The lowest BCUT2D eigenvalue weighted by Crippen LogP contribution is -2.21. The van der Waals surface area contributed by atoms with Crippen LogP contribution in [0.5, 0.6) is 0 Å². The summed E-state index contributed by atoms with van der Waals surface area (Å²) in [5, 5.41) is 2.32. The molecule has 2 aromatic carbocycles. The number of benzene rings is 2. The summed E-state index contributed by atoms with van der Waals surface area (Å²) in [7, 11) is 0. The summed E-state index contributed by atoms with van der Waals surface area (Å²) in [6.07, 6.45) is 3.21. The Labute approximate surface area is 103 Å². The minimum Gasteiger partial charge on any atom is -0.0912 e. The summed E-state index contributed by atoms with van der Waals surface area (Å²) < 4.78 is 0. The second kappa shape index (κ2) is 5.01. The van der Waals surface area contributed by atoms with E-state index < -0.39 is 0 Å². The predicted molar refractivity (Wildman–Crippen MR) is 75.3 cm³/mol. The van der Waals surface area contributed by atoms with Crippen molar-refractivity contribution in [2.45, 2.75) is 20.3 Å². The molecule has 0 spiro atoms. The average molecular weight is 222 g/mol. The Bertz CT molecular complexity index is 600. The van der Waals surface area contributed by atoms with E-state index in [0.29, 0.717) is 0 Å². The van der Waals surface area contributed by atoms with Crippen LogP contribution in [0.15, 0.2) is 42.5 Å². The monoisotopic (exact) mass is 222 g/mol. The van der Waals surface area contributed by atoms with Gasteiger partial charge in [0.15, 0.2) is 0 Å². The van der Waals surface area contributed by atoms with Crippen molar-refractivity contribution in [3.8, 4) is 0 Å². The van der Waals surface area contributed by atoms with Gasteiger partial charge in [0.05, 0.1) is 0 Å². The molecule has 0 fully saturated rings. The zero-order valence-electron chi connectivity index (χ0n) is 10.5. The fourth-order valence-corrected chi connectivity index (χ4v) is 2.15. The highest BCUT2D eigenvalue weighted by Crippen LogP contribution is 2.09. The van der Waals surface area contributed by atoms with E-state index in [1.807, 2.05) is 12.1 Å². The molecule has 2 aromatic rings. The van der Waals surface area contributed by atoms with E-state index in [0.717, 1.165) is 11.6 Å². The Balaban J connectivity index is 2.32. The van der Waals surface area contributed by atoms with Gasteiger partial charge in [-0.3, -0.25) is 0 Å². The molecule has 0 N–H and O–H groups in total. The second-order valence-electron chi connectivity index (χ2n) is 4.60. The number of aryl methyl sites for hydroxylation is 2. The van der Waals surface area contributed by atoms with Gasteiger partial charge >= 0.3 is 0 Å². The fraction of sp³-hybridized carbons (Fsp3) is 0.176. The van der Waals surface area contributed by atoms with Crippen molar-refractivity contribution in [2.24, 2.45) is 0 Å². The minimum absolute atomic E-state index is 0.967. The Kier molecular flexibility index (Phi) is 3.43. The van der Waals surface area contributed by atoms with Gasteiger partial charge in [0.2, 0.25) is 0 Å². The van der Waals surface area contributed by atoms with E-state index in [1.165, 1.54) is 21.9 Å². The smallest absolute Gasteiger partial charge is 0.00880 e. The molecule has 0 saturated heterocycles. The molecule has 0 aliphatic rings. The summed E-state index contributed by atoms with van der Waals surface area (Å²) in [5.41, 5.74) is 4.03. The number of hydrogen-bond donors (Lipinski definition) is 0. The maximum Gasteiger partial charge on any atom is -0.00880 e. The van der Waals surface area contributed by atoms with Crippen molar-refractivity contribution >= 4 is 12.7 Å². The van der Waals surface area contributed by atoms with Gasteiger partial charge in [0.25, 0.3) is 0 Å². The summed E-state index contributed by atoms with van der Waals surface area (Å²) in [6.45, 7) is 8.33. The van der Waals surface area contributed by atoms with Crippen LogP contribution in [0.4, 0.5) is 0 Å². The van der Waals surface area contributed by atoms with Crippen LogP contribution in [-0.4, -0.2) is 0 Å². The van der Waals surface area contributed by atoms with Crippen LogP contribution in [0.25, 0.3) is 12.7 Å². The van der Waals surface area contributed by atoms with Gasteiger partial charge in [-0.25, -0.2) is 0 Å². The van der Waals surface area contributed by atoms with Crippen molar-refractivity contribution in [3.05, 3.63) is 69.6 Å². The van der Waals surface area contributed by atoms with Crippen LogP contribution < -0.4 is 10.4 Å². The molecule has 0 bridgehead atoms. The molecule has 0 unspecified atom stereocenters. The van der Waals surface area contributed by atoms with Gasteiger partial charge in [-0.1, -0.05) is 66.2 Å². The third-order valence-electron chi connectivity index (χ3n) is 2.89. The molecule has 0 radical (unpaired) electrons. The molecule has 0 saturated carbocycles. The highest BCUT2D eigenvalue weighted by atomic mass is 14.0. The van der Waals surface area contributed by atoms with Crippen LogP contribution in [-0.2, 0) is 6.42 Å². The first-order chi connectivity index (χ1) is 8.15. The third kappa shape index (κ3) is 3.07. The predicted octanol–water partition coefficient (Wildman–Crippen LogP) is 2.74. The SMILES string of the molecule is C=c1cccc/c1=C/Cc1cc(C)cc(C)c1. The highest BCUT2D eigenvalue weighted by molar-refractivity contribution is 5.37. The van der Waals surface area contributed by atoms with Crippen molar-refractivity contribution in [2.75, 3.05) is 0 Å². The number of rotatable bonds is 2. The molecule has 17 heavy (non-hydrogen) atoms. The quantitative estimate of drug-likeness (QED) is 0.733. The molecular weight excluding hydrogens is 204 g/mol. The molecule has 2 rings (SSSR count). The molecule has 0 atom stereocenters. The standard InChI is InChI=1S/C17H18/c1-13-10-14(2)12-16(11-13)8-9-17-7-5-4-6-15(17)3/h4-7,9-12H,3,8H2,1-2H3/b17-9-. The molecule has 86 valence electrons. The first-order valence-electron chi connectivity index (χ1n) is 5.96. The van der Waals surface area contributed by atoms with Crippen molar-refractivity contribution in [3.63, 3.8) is 0 Å². The average Bonchev–Trinajstić information content (AvgIpc) is 2.27. The summed E-state index contributed by atoms with van der Waals surface area (Å²) in [4.78, 5) is 0. The van der Waals surface area contributed by atoms with Crippen molar-refractivity contribution in [1.29, 1.82) is 0 Å². The summed E-state index contributed by atoms with van der Waals surface area (Å²) >= 11 is 0. The Morgan fingerprint density at radius 1 is 1.00 bits per heavy atom. The van der Waals surface area contributed by atoms with E-state index in [2.05, 4.69) is 56.8 Å². The van der Waals surface area contributed by atoms with Gasteiger partial charge < -0.3 is 0 Å². The lowest BCUT2D eigenvalue weighted by atomic mass is 10.0. The van der Waals surface area contributed by atoms with Gasteiger partial charge in [0.1, 0.15) is 0 Å². The Hall–Kier alpha value is -1.82. The van der Waals surface area contributed by atoms with Crippen molar-refractivity contribution < 1.29 is 0 Å². The molecular formula is C17H18. The largest absolute Gasteiger partial charge is 0.0912 e. The van der Waals surface area contributed by atoms with Gasteiger partial charge in [-0.2, -0.15) is 0 Å². The summed E-state index contributed by atoms with van der Waals surface area (Å²) in [5.74, 6) is 0. The van der Waals surface area contributed by atoms with Crippen LogP contribution >= 0.6 is 0 Å². The van der Waals surface area contributed by atoms with E-state index in [4.69, 9.17) is 0 Å². The summed E-state index contributed by atoms with van der Waals surface area (Å²) in [6, 6.07) is 14.9. The van der Waals surface area contributed by atoms with Gasteiger partial charge in [-0.15, -0.1) is 0 Å². The number of hydrogen-bond acceptors (Lipinski definition) is 0. The van der Waals surface area contributed by atoms with E-state index in [1.54, 1.807) is 0 Å². The zero-order chi connectivity index (χ0) is 12.3. The van der Waals surface area contributed by atoms with Crippen LogP contribution in [0, 0.1) is 13.8 Å². The van der Waals surface area contributed by atoms with Crippen LogP contribution in [0.1, 0.15) is 16.7 Å². The molecule has 0 nitrogen and oxygen atoms in total. The van der Waals surface area contributed by atoms with E-state index in [9.17, 15) is 0 Å². The van der Waals surface area contributed by atoms with Crippen LogP contribution in [0.2, 0.25) is 0 Å². The van der Waals surface area contributed by atoms with Crippen molar-refractivity contribution in [1.82, 2.24) is 0 Å². The van der Waals surface area contributed by atoms with Gasteiger partial charge in [-0.05, 0) is 36.3 Å². The fourth-order valence-electron chi connectivity index (χ4n) is 2.15. The molecule has 0 aromatic heterocycles. The maximum absolute atomic E-state index is 4.04. The Morgan fingerprint density at radius 2 is 1.65 bits per heavy atom. The van der Waals surface area contributed by atoms with E-state index in [-0.39, 0.29) is 0 Å². The minimum atomic E-state index is 0.967.